The summed E-state index contributed by atoms with van der Waals surface area (Å²) in [4.78, 5) is 0. The molecule has 1 aliphatic rings. The van der Waals surface area contributed by atoms with Crippen LogP contribution < -0.4 is 10.1 Å². The smallest absolute Gasteiger partial charge is 0.133 e. The van der Waals surface area contributed by atoms with Crippen LogP contribution in [0.1, 0.15) is 25.7 Å². The predicted octanol–water partition coefficient (Wildman–Crippen LogP) is 3.36. The third-order valence-electron chi connectivity index (χ3n) is 2.97. The van der Waals surface area contributed by atoms with E-state index < -0.39 is 0 Å². The second-order valence-electron chi connectivity index (χ2n) is 4.21. The average Bonchev–Trinajstić information content (AvgIpc) is 2.33. The van der Waals surface area contributed by atoms with Crippen LogP contribution in [-0.2, 0) is 0 Å². The molecule has 1 fully saturated rings. The van der Waals surface area contributed by atoms with Crippen molar-refractivity contribution in [1.82, 2.24) is 5.32 Å². The molecule has 0 spiro atoms. The maximum Gasteiger partial charge on any atom is 0.133 e. The number of ether oxygens (including phenoxy) is 1. The highest BCUT2D eigenvalue weighted by Crippen LogP contribution is 2.24. The van der Waals surface area contributed by atoms with Gasteiger partial charge in [0.15, 0.2) is 0 Å². The van der Waals surface area contributed by atoms with Crippen molar-refractivity contribution >= 4 is 15.9 Å². The van der Waals surface area contributed by atoms with E-state index in [-0.39, 0.29) is 0 Å². The van der Waals surface area contributed by atoms with Crippen LogP contribution >= 0.6 is 15.9 Å². The Kier molecular flexibility index (Phi) is 4.67. The Morgan fingerprint density at radius 1 is 1.31 bits per heavy atom. The van der Waals surface area contributed by atoms with E-state index in [1.165, 1.54) is 25.8 Å². The summed E-state index contributed by atoms with van der Waals surface area (Å²) < 4.78 is 6.79. The quantitative estimate of drug-likeness (QED) is 0.915. The zero-order valence-electron chi connectivity index (χ0n) is 9.42. The number of hydrogen-bond acceptors (Lipinski definition) is 2. The van der Waals surface area contributed by atoms with Crippen molar-refractivity contribution in [2.75, 3.05) is 13.2 Å². The van der Waals surface area contributed by atoms with Gasteiger partial charge in [-0.2, -0.15) is 0 Å². The lowest BCUT2D eigenvalue weighted by atomic mass is 10.0. The van der Waals surface area contributed by atoms with Gasteiger partial charge in [-0.1, -0.05) is 18.6 Å². The first-order valence-corrected chi connectivity index (χ1v) is 6.76. The Balaban J connectivity index is 1.73. The molecular weight excluding hydrogens is 266 g/mol. The average molecular weight is 284 g/mol. The molecule has 0 amide bonds. The number of nitrogens with one attached hydrogen (secondary N) is 1. The number of rotatable bonds is 4. The van der Waals surface area contributed by atoms with Gasteiger partial charge < -0.3 is 10.1 Å². The van der Waals surface area contributed by atoms with Crippen molar-refractivity contribution in [3.63, 3.8) is 0 Å². The van der Waals surface area contributed by atoms with Crippen LogP contribution in [0.2, 0.25) is 0 Å². The third-order valence-corrected chi connectivity index (χ3v) is 3.63. The van der Waals surface area contributed by atoms with E-state index in [0.717, 1.165) is 23.2 Å². The van der Waals surface area contributed by atoms with E-state index in [0.29, 0.717) is 6.04 Å². The number of piperidine rings is 1. The highest BCUT2D eigenvalue weighted by Gasteiger charge is 2.12. The Hall–Kier alpha value is -0.540. The monoisotopic (exact) mass is 283 g/mol. The molecule has 88 valence electrons. The Morgan fingerprint density at radius 2 is 2.19 bits per heavy atom. The molecule has 1 aromatic carbocycles. The lowest BCUT2D eigenvalue weighted by Crippen LogP contribution is -2.35. The van der Waals surface area contributed by atoms with Crippen LogP contribution in [0.3, 0.4) is 0 Å². The van der Waals surface area contributed by atoms with Gasteiger partial charge in [-0.05, 0) is 53.9 Å². The molecule has 16 heavy (non-hydrogen) atoms. The molecule has 0 aliphatic carbocycles. The maximum absolute atomic E-state index is 5.75. The van der Waals surface area contributed by atoms with Gasteiger partial charge in [0.1, 0.15) is 5.75 Å². The molecule has 1 saturated heterocycles. The van der Waals surface area contributed by atoms with Crippen LogP contribution in [0.4, 0.5) is 0 Å². The van der Waals surface area contributed by atoms with E-state index in [1.54, 1.807) is 0 Å². The summed E-state index contributed by atoms with van der Waals surface area (Å²) in [5.41, 5.74) is 0. The summed E-state index contributed by atoms with van der Waals surface area (Å²) >= 11 is 3.48. The predicted molar refractivity (Wildman–Crippen MR) is 69.9 cm³/mol. The molecule has 0 bridgehead atoms. The Morgan fingerprint density at radius 3 is 2.94 bits per heavy atom. The summed E-state index contributed by atoms with van der Waals surface area (Å²) in [7, 11) is 0. The fourth-order valence-electron chi connectivity index (χ4n) is 2.04. The zero-order chi connectivity index (χ0) is 11.2. The van der Waals surface area contributed by atoms with Gasteiger partial charge in [0.2, 0.25) is 0 Å². The van der Waals surface area contributed by atoms with Gasteiger partial charge in [0, 0.05) is 6.04 Å². The Labute approximate surface area is 106 Å². The van der Waals surface area contributed by atoms with Gasteiger partial charge in [0.05, 0.1) is 11.1 Å². The van der Waals surface area contributed by atoms with E-state index in [4.69, 9.17) is 4.74 Å². The number of halogens is 1. The number of benzene rings is 1. The standard InChI is InChI=1S/C13H18BrNO/c14-12-6-1-2-7-13(12)16-10-8-11-5-3-4-9-15-11/h1-2,6-7,11,15H,3-5,8-10H2/t11-/m0/s1. The SMILES string of the molecule is Brc1ccccc1OCC[C@@H]1CCCCN1. The van der Waals surface area contributed by atoms with Crippen molar-refractivity contribution in [3.05, 3.63) is 28.7 Å². The van der Waals surface area contributed by atoms with Crippen molar-refractivity contribution in [1.29, 1.82) is 0 Å². The van der Waals surface area contributed by atoms with Gasteiger partial charge in [-0.15, -0.1) is 0 Å². The molecule has 1 aliphatic heterocycles. The lowest BCUT2D eigenvalue weighted by Gasteiger charge is -2.23. The minimum atomic E-state index is 0.649. The molecule has 0 saturated carbocycles. The first kappa shape index (κ1) is 11.9. The maximum atomic E-state index is 5.75. The summed E-state index contributed by atoms with van der Waals surface area (Å²) in [6.07, 6.45) is 5.06. The van der Waals surface area contributed by atoms with Crippen LogP contribution in [0, 0.1) is 0 Å². The van der Waals surface area contributed by atoms with E-state index in [1.807, 2.05) is 24.3 Å². The van der Waals surface area contributed by atoms with E-state index >= 15 is 0 Å². The lowest BCUT2D eigenvalue weighted by molar-refractivity contribution is 0.267. The van der Waals surface area contributed by atoms with Crippen LogP contribution in [0.5, 0.6) is 5.75 Å². The highest BCUT2D eigenvalue weighted by molar-refractivity contribution is 9.10. The summed E-state index contributed by atoms with van der Waals surface area (Å²) in [5.74, 6) is 0.943. The molecular formula is C13H18BrNO. The van der Waals surface area contributed by atoms with Crippen molar-refractivity contribution in [3.8, 4) is 5.75 Å². The van der Waals surface area contributed by atoms with E-state index in [2.05, 4.69) is 21.2 Å². The molecule has 1 N–H and O–H groups in total. The first-order chi connectivity index (χ1) is 7.86. The Bertz CT molecular complexity index is 323. The molecule has 1 heterocycles. The fourth-order valence-corrected chi connectivity index (χ4v) is 2.44. The molecule has 2 rings (SSSR count). The molecule has 3 heteroatoms. The summed E-state index contributed by atoms with van der Waals surface area (Å²) in [5, 5.41) is 3.53. The largest absolute Gasteiger partial charge is 0.492 e. The topological polar surface area (TPSA) is 21.3 Å². The van der Waals surface area contributed by atoms with Crippen LogP contribution in [0.15, 0.2) is 28.7 Å². The van der Waals surface area contributed by atoms with Gasteiger partial charge in [-0.25, -0.2) is 0 Å². The van der Waals surface area contributed by atoms with Crippen LogP contribution in [0.25, 0.3) is 0 Å². The minimum Gasteiger partial charge on any atom is -0.492 e. The molecule has 2 nitrogen and oxygen atoms in total. The normalized spacial score (nSPS) is 20.7. The second kappa shape index (κ2) is 6.26. The molecule has 0 unspecified atom stereocenters. The molecule has 0 aromatic heterocycles. The van der Waals surface area contributed by atoms with Crippen molar-refractivity contribution < 1.29 is 4.74 Å². The van der Waals surface area contributed by atoms with Crippen molar-refractivity contribution in [2.45, 2.75) is 31.7 Å². The third kappa shape index (κ3) is 3.49. The summed E-state index contributed by atoms with van der Waals surface area (Å²) in [6.45, 7) is 1.96. The fraction of sp³-hybridized carbons (Fsp3) is 0.538. The minimum absolute atomic E-state index is 0.649. The summed E-state index contributed by atoms with van der Waals surface area (Å²) in [6, 6.07) is 8.65. The van der Waals surface area contributed by atoms with Gasteiger partial charge in [-0.3, -0.25) is 0 Å². The van der Waals surface area contributed by atoms with Gasteiger partial charge >= 0.3 is 0 Å². The van der Waals surface area contributed by atoms with Gasteiger partial charge in [0.25, 0.3) is 0 Å². The van der Waals surface area contributed by atoms with E-state index in [9.17, 15) is 0 Å². The molecule has 1 aromatic rings. The second-order valence-corrected chi connectivity index (χ2v) is 5.07. The van der Waals surface area contributed by atoms with Crippen LogP contribution in [-0.4, -0.2) is 19.2 Å². The number of para-hydroxylation sites is 1. The zero-order valence-corrected chi connectivity index (χ0v) is 11.0. The number of hydrogen-bond donors (Lipinski definition) is 1. The molecule has 1 atom stereocenters. The van der Waals surface area contributed by atoms with Crippen molar-refractivity contribution in [2.24, 2.45) is 0 Å². The molecule has 0 radical (unpaired) electrons. The highest BCUT2D eigenvalue weighted by atomic mass is 79.9. The first-order valence-electron chi connectivity index (χ1n) is 5.97.